The largest absolute Gasteiger partial charge is 0.295 e. The summed E-state index contributed by atoms with van der Waals surface area (Å²) < 4.78 is 0. The van der Waals surface area contributed by atoms with E-state index < -0.39 is 0 Å². The molecule has 0 aliphatic heterocycles. The zero-order valence-electron chi connectivity index (χ0n) is 12.1. The van der Waals surface area contributed by atoms with Crippen LogP contribution in [0.3, 0.4) is 0 Å². The Hall–Kier alpha value is -0.850. The van der Waals surface area contributed by atoms with Crippen molar-refractivity contribution in [3.63, 3.8) is 0 Å². The lowest BCUT2D eigenvalue weighted by atomic mass is 9.79. The lowest BCUT2D eigenvalue weighted by Crippen LogP contribution is -2.12. The fourth-order valence-corrected chi connectivity index (χ4v) is 3.32. The van der Waals surface area contributed by atoms with Crippen molar-refractivity contribution in [2.75, 3.05) is 0 Å². The standard InChI is InChI=1S/C17H26O/c1-13(2)15-7-5-4-6-10-17(11-12-17)16(15)9-8-14(3)18/h8-9,13H,4-7,10-12H2,1-3H3. The zero-order valence-corrected chi connectivity index (χ0v) is 12.1. The van der Waals surface area contributed by atoms with Crippen LogP contribution in [0, 0.1) is 11.3 Å². The molecule has 0 heterocycles. The van der Waals surface area contributed by atoms with Crippen molar-refractivity contribution >= 4 is 5.78 Å². The van der Waals surface area contributed by atoms with Crippen LogP contribution in [0.4, 0.5) is 0 Å². The number of allylic oxidation sites excluding steroid dienone is 4. The van der Waals surface area contributed by atoms with Crippen molar-refractivity contribution < 1.29 is 4.79 Å². The molecule has 1 nitrogen and oxygen atoms in total. The smallest absolute Gasteiger partial charge is 0.152 e. The third kappa shape index (κ3) is 2.93. The lowest BCUT2D eigenvalue weighted by Gasteiger charge is -2.26. The summed E-state index contributed by atoms with van der Waals surface area (Å²) in [6.45, 7) is 6.25. The van der Waals surface area contributed by atoms with E-state index >= 15 is 0 Å². The molecular formula is C17H26O. The number of carbonyl (C=O) groups excluding carboxylic acids is 1. The Morgan fingerprint density at radius 2 is 1.89 bits per heavy atom. The number of hydrogen-bond acceptors (Lipinski definition) is 1. The van der Waals surface area contributed by atoms with Gasteiger partial charge in [-0.05, 0) is 62.0 Å². The number of rotatable bonds is 3. The van der Waals surface area contributed by atoms with E-state index in [2.05, 4.69) is 19.9 Å². The molecule has 2 rings (SSSR count). The molecule has 2 aliphatic rings. The third-order valence-corrected chi connectivity index (χ3v) is 4.55. The van der Waals surface area contributed by atoms with E-state index in [1.807, 2.05) is 0 Å². The molecule has 0 bridgehead atoms. The van der Waals surface area contributed by atoms with Gasteiger partial charge in [-0.15, -0.1) is 0 Å². The number of ketones is 1. The molecule has 18 heavy (non-hydrogen) atoms. The summed E-state index contributed by atoms with van der Waals surface area (Å²) in [6, 6.07) is 0. The van der Waals surface area contributed by atoms with Gasteiger partial charge in [0.15, 0.2) is 5.78 Å². The summed E-state index contributed by atoms with van der Waals surface area (Å²) in [4.78, 5) is 11.2. The Balaban J connectivity index is 2.37. The second-order valence-corrected chi connectivity index (χ2v) is 6.38. The Kier molecular flexibility index (Phi) is 4.09. The molecular weight excluding hydrogens is 220 g/mol. The highest BCUT2D eigenvalue weighted by atomic mass is 16.1. The maximum absolute atomic E-state index is 11.2. The van der Waals surface area contributed by atoms with E-state index in [0.717, 1.165) is 0 Å². The lowest BCUT2D eigenvalue weighted by molar-refractivity contribution is -0.112. The van der Waals surface area contributed by atoms with Gasteiger partial charge in [-0.1, -0.05) is 38.3 Å². The van der Waals surface area contributed by atoms with Gasteiger partial charge in [0.05, 0.1) is 0 Å². The number of hydrogen-bond donors (Lipinski definition) is 0. The van der Waals surface area contributed by atoms with Crippen LogP contribution in [0.5, 0.6) is 0 Å². The summed E-state index contributed by atoms with van der Waals surface area (Å²) in [5, 5.41) is 0. The van der Waals surface area contributed by atoms with Crippen LogP contribution in [0.1, 0.15) is 65.7 Å². The second kappa shape index (κ2) is 5.42. The van der Waals surface area contributed by atoms with Crippen LogP contribution in [0.15, 0.2) is 23.3 Å². The minimum Gasteiger partial charge on any atom is -0.295 e. The monoisotopic (exact) mass is 246 g/mol. The normalized spacial score (nSPS) is 23.6. The molecule has 0 aromatic carbocycles. The predicted molar refractivity (Wildman–Crippen MR) is 76.4 cm³/mol. The first-order valence-corrected chi connectivity index (χ1v) is 7.47. The molecule has 2 aliphatic carbocycles. The first kappa shape index (κ1) is 13.6. The fraction of sp³-hybridized carbons (Fsp3) is 0.706. The van der Waals surface area contributed by atoms with Crippen molar-refractivity contribution in [1.29, 1.82) is 0 Å². The quantitative estimate of drug-likeness (QED) is 0.652. The Morgan fingerprint density at radius 3 is 2.44 bits per heavy atom. The van der Waals surface area contributed by atoms with Gasteiger partial charge in [-0.3, -0.25) is 4.79 Å². The zero-order chi connectivity index (χ0) is 13.2. The van der Waals surface area contributed by atoms with E-state index in [1.54, 1.807) is 18.6 Å². The van der Waals surface area contributed by atoms with Crippen molar-refractivity contribution in [1.82, 2.24) is 0 Å². The van der Waals surface area contributed by atoms with Gasteiger partial charge >= 0.3 is 0 Å². The van der Waals surface area contributed by atoms with E-state index in [9.17, 15) is 4.79 Å². The molecule has 100 valence electrons. The van der Waals surface area contributed by atoms with Crippen molar-refractivity contribution in [2.24, 2.45) is 11.3 Å². The van der Waals surface area contributed by atoms with Gasteiger partial charge in [-0.2, -0.15) is 0 Å². The van der Waals surface area contributed by atoms with Crippen LogP contribution >= 0.6 is 0 Å². The third-order valence-electron chi connectivity index (χ3n) is 4.55. The number of carbonyl (C=O) groups is 1. The molecule has 0 aromatic rings. The van der Waals surface area contributed by atoms with Crippen molar-refractivity contribution in [3.05, 3.63) is 23.3 Å². The minimum absolute atomic E-state index is 0.170. The molecule has 1 saturated carbocycles. The van der Waals surface area contributed by atoms with Crippen molar-refractivity contribution in [2.45, 2.75) is 65.7 Å². The molecule has 1 heteroatoms. The molecule has 0 amide bonds. The van der Waals surface area contributed by atoms with Crippen LogP contribution in [0.25, 0.3) is 0 Å². The predicted octanol–water partition coefficient (Wildman–Crippen LogP) is 4.83. The van der Waals surface area contributed by atoms with Gasteiger partial charge < -0.3 is 0 Å². The summed E-state index contributed by atoms with van der Waals surface area (Å²) in [5.74, 6) is 0.788. The maximum Gasteiger partial charge on any atom is 0.152 e. The van der Waals surface area contributed by atoms with Crippen LogP contribution in [-0.2, 0) is 4.79 Å². The molecule has 0 unspecified atom stereocenters. The minimum atomic E-state index is 0.170. The maximum atomic E-state index is 11.2. The molecule has 0 N–H and O–H groups in total. The highest BCUT2D eigenvalue weighted by Crippen LogP contribution is 2.58. The van der Waals surface area contributed by atoms with Gasteiger partial charge in [-0.25, -0.2) is 0 Å². The van der Waals surface area contributed by atoms with Crippen molar-refractivity contribution in [3.8, 4) is 0 Å². The summed E-state index contributed by atoms with van der Waals surface area (Å²) in [5.41, 5.74) is 3.59. The van der Waals surface area contributed by atoms with Gasteiger partial charge in [0.1, 0.15) is 0 Å². The van der Waals surface area contributed by atoms with E-state index in [4.69, 9.17) is 0 Å². The highest BCUT2D eigenvalue weighted by Gasteiger charge is 2.45. The second-order valence-electron chi connectivity index (χ2n) is 6.38. The molecule has 1 fully saturated rings. The SMILES string of the molecule is CC(=O)C=CC1=C(C(C)C)CCCCCC12CC2. The summed E-state index contributed by atoms with van der Waals surface area (Å²) in [7, 11) is 0. The summed E-state index contributed by atoms with van der Waals surface area (Å²) in [6.07, 6.45) is 13.2. The van der Waals surface area contributed by atoms with E-state index in [-0.39, 0.29) is 5.78 Å². The highest BCUT2D eigenvalue weighted by molar-refractivity contribution is 5.87. The fourth-order valence-electron chi connectivity index (χ4n) is 3.32. The molecule has 0 atom stereocenters. The van der Waals surface area contributed by atoms with Crippen LogP contribution < -0.4 is 0 Å². The van der Waals surface area contributed by atoms with Gasteiger partial charge in [0.25, 0.3) is 0 Å². The molecule has 0 aromatic heterocycles. The van der Waals surface area contributed by atoms with Gasteiger partial charge in [0.2, 0.25) is 0 Å². The first-order chi connectivity index (χ1) is 8.55. The topological polar surface area (TPSA) is 17.1 Å². The van der Waals surface area contributed by atoms with E-state index in [1.165, 1.54) is 50.5 Å². The first-order valence-electron chi connectivity index (χ1n) is 7.47. The van der Waals surface area contributed by atoms with Crippen LogP contribution in [-0.4, -0.2) is 5.78 Å². The molecule has 0 saturated heterocycles. The molecule has 1 spiro atoms. The molecule has 0 radical (unpaired) electrons. The summed E-state index contributed by atoms with van der Waals surface area (Å²) >= 11 is 0. The average Bonchev–Trinajstić information content (AvgIpc) is 3.03. The Morgan fingerprint density at radius 1 is 1.17 bits per heavy atom. The van der Waals surface area contributed by atoms with Crippen LogP contribution in [0.2, 0.25) is 0 Å². The van der Waals surface area contributed by atoms with E-state index in [0.29, 0.717) is 11.3 Å². The van der Waals surface area contributed by atoms with Gasteiger partial charge in [0, 0.05) is 0 Å². The average molecular weight is 246 g/mol. The Bertz CT molecular complexity index is 380. The Labute approximate surface area is 111 Å².